The predicted molar refractivity (Wildman–Crippen MR) is 135 cm³/mol. The summed E-state index contributed by atoms with van der Waals surface area (Å²) in [5.74, 6) is -3.60. The summed E-state index contributed by atoms with van der Waals surface area (Å²) >= 11 is 5.66. The number of ether oxygens (including phenoxy) is 1. The number of hydrogen-bond donors (Lipinski definition) is 1. The Hall–Kier alpha value is -3.07. The average molecular weight is 592 g/mol. The van der Waals surface area contributed by atoms with Crippen LogP contribution in [0.1, 0.15) is 11.3 Å². The minimum atomic E-state index is -4.76. The fraction of sp³-hybridized carbons (Fsp3) is 0.480. The molecule has 2 fully saturated rings. The van der Waals surface area contributed by atoms with Gasteiger partial charge in [-0.1, -0.05) is 11.6 Å². The van der Waals surface area contributed by atoms with Gasteiger partial charge in [0.25, 0.3) is 5.91 Å². The van der Waals surface area contributed by atoms with Crippen molar-refractivity contribution in [1.29, 1.82) is 0 Å². The van der Waals surface area contributed by atoms with Crippen LogP contribution < -0.4 is 9.80 Å². The Balaban J connectivity index is 1.66. The molecule has 218 valence electrons. The molecule has 2 atom stereocenters. The molecule has 2 aliphatic rings. The van der Waals surface area contributed by atoms with Gasteiger partial charge in [0.05, 0.1) is 37.1 Å². The summed E-state index contributed by atoms with van der Waals surface area (Å²) in [6, 6.07) is 0.963. The number of likely N-dealkylation sites (N-methyl/N-ethyl adjacent to an activating group) is 1. The third-order valence-electron chi connectivity index (χ3n) is 6.69. The van der Waals surface area contributed by atoms with Crippen LogP contribution in [0.15, 0.2) is 24.3 Å². The molecule has 0 saturated carbocycles. The number of alkyl halides is 3. The number of β-amino-alcohol motifs (C(OH)–C–C–N with tert-alkyl or cyclic N) is 1. The highest BCUT2D eigenvalue weighted by Crippen LogP contribution is 2.35. The Morgan fingerprint density at radius 2 is 1.90 bits per heavy atom. The molecule has 1 aromatic heterocycles. The number of carbonyl (C=O) groups is 2. The lowest BCUT2D eigenvalue weighted by Gasteiger charge is -2.29. The fourth-order valence-electron chi connectivity index (χ4n) is 4.70. The first-order chi connectivity index (χ1) is 18.8. The Bertz CT molecular complexity index is 1280. The van der Waals surface area contributed by atoms with Crippen molar-refractivity contribution in [3.8, 4) is 0 Å². The molecule has 9 nitrogen and oxygen atoms in total. The molecule has 0 radical (unpaired) electrons. The van der Waals surface area contributed by atoms with Crippen LogP contribution in [0.5, 0.6) is 0 Å². The summed E-state index contributed by atoms with van der Waals surface area (Å²) in [5, 5.41) is 9.83. The van der Waals surface area contributed by atoms with E-state index < -0.39 is 64.0 Å². The lowest BCUT2D eigenvalue weighted by molar-refractivity contribution is -0.137. The molecule has 3 amide bonds. The zero-order chi connectivity index (χ0) is 29.4. The molecule has 3 heterocycles. The number of aryl methyl sites for hydroxylation is 1. The number of carbonyl (C=O) groups excluding carboxylic acids is 2. The minimum Gasteiger partial charge on any atom is -0.390 e. The number of aliphatic hydroxyl groups excluding tert-OH is 1. The van der Waals surface area contributed by atoms with Crippen LogP contribution >= 0.6 is 11.6 Å². The Labute approximate surface area is 231 Å². The number of aromatic nitrogens is 1. The normalized spacial score (nSPS) is 19.3. The van der Waals surface area contributed by atoms with E-state index in [1.165, 1.54) is 14.0 Å². The van der Waals surface area contributed by atoms with Gasteiger partial charge in [-0.15, -0.1) is 0 Å². The molecule has 1 aromatic carbocycles. The fourth-order valence-corrected chi connectivity index (χ4v) is 4.86. The molecule has 2 aromatic rings. The zero-order valence-corrected chi connectivity index (χ0v) is 22.3. The number of nitrogens with zero attached hydrogens (tertiary/aromatic N) is 5. The summed E-state index contributed by atoms with van der Waals surface area (Å²) in [6.45, 7) is 3.05. The van der Waals surface area contributed by atoms with Crippen molar-refractivity contribution in [3.05, 3.63) is 52.2 Å². The summed E-state index contributed by atoms with van der Waals surface area (Å²) in [5.41, 5.74) is -1.54. The van der Waals surface area contributed by atoms with E-state index in [-0.39, 0.29) is 25.3 Å². The molecule has 0 spiro atoms. The van der Waals surface area contributed by atoms with Crippen LogP contribution in [0.4, 0.5) is 38.3 Å². The number of amides is 3. The predicted octanol–water partition coefficient (Wildman–Crippen LogP) is 3.31. The maximum atomic E-state index is 14.7. The van der Waals surface area contributed by atoms with E-state index in [1.54, 1.807) is 0 Å². The van der Waals surface area contributed by atoms with E-state index in [9.17, 15) is 36.6 Å². The van der Waals surface area contributed by atoms with Crippen molar-refractivity contribution < 1.29 is 41.4 Å². The van der Waals surface area contributed by atoms with E-state index in [1.807, 2.05) is 4.90 Å². The quantitative estimate of drug-likeness (QED) is 0.393. The molecule has 1 N–H and O–H groups in total. The van der Waals surface area contributed by atoms with Crippen LogP contribution in [-0.2, 0) is 15.7 Å². The van der Waals surface area contributed by atoms with Crippen molar-refractivity contribution in [2.75, 3.05) is 62.8 Å². The second-order valence-corrected chi connectivity index (χ2v) is 9.96. The highest BCUT2D eigenvalue weighted by Gasteiger charge is 2.46. The van der Waals surface area contributed by atoms with Crippen LogP contribution in [-0.4, -0.2) is 97.0 Å². The number of rotatable bonds is 7. The monoisotopic (exact) mass is 591 g/mol. The molecular formula is C25H27ClF5N5O4. The molecule has 0 bridgehead atoms. The minimum absolute atomic E-state index is 0.0562. The summed E-state index contributed by atoms with van der Waals surface area (Å²) in [6.07, 6.45) is -5.80. The first-order valence-corrected chi connectivity index (χ1v) is 12.7. The topological polar surface area (TPSA) is 89.4 Å². The largest absolute Gasteiger partial charge is 0.416 e. The van der Waals surface area contributed by atoms with E-state index in [2.05, 4.69) is 4.98 Å². The number of halogens is 6. The van der Waals surface area contributed by atoms with Gasteiger partial charge in [-0.3, -0.25) is 14.6 Å². The molecule has 2 saturated heterocycles. The maximum Gasteiger partial charge on any atom is 0.416 e. The smallest absolute Gasteiger partial charge is 0.390 e. The zero-order valence-electron chi connectivity index (χ0n) is 21.6. The molecule has 40 heavy (non-hydrogen) atoms. The first-order valence-electron chi connectivity index (χ1n) is 12.3. The number of morpholine rings is 1. The SMILES string of the molecule is Cc1cc(C(F)(F)F)cc(N2C(=O)N(CC(O)CN3CCOCC3)C[C@H]2C(=O)N(C)c2ccc(F)c(Cl)c2F)n1. The second-order valence-electron chi connectivity index (χ2n) is 9.59. The molecule has 2 aliphatic heterocycles. The van der Waals surface area contributed by atoms with E-state index in [0.29, 0.717) is 32.4 Å². The molecule has 1 unspecified atom stereocenters. The van der Waals surface area contributed by atoms with Gasteiger partial charge in [-0.2, -0.15) is 13.2 Å². The van der Waals surface area contributed by atoms with Crippen LogP contribution in [0, 0.1) is 18.6 Å². The van der Waals surface area contributed by atoms with Crippen molar-refractivity contribution in [2.24, 2.45) is 0 Å². The molecule has 0 aliphatic carbocycles. The lowest BCUT2D eigenvalue weighted by Crippen LogP contribution is -2.47. The Kier molecular flexibility index (Phi) is 8.83. The standard InChI is InChI=1S/C25H27ClF5N5O4/c1-14-9-15(25(29,30)31)10-20(32-14)36-19(23(38)33(2)18-4-3-17(27)21(26)22(18)28)13-35(24(36)39)12-16(37)11-34-5-7-40-8-6-34/h3-4,9-10,16,19,37H,5-8,11-13H2,1-2H3/t16?,19-/m0/s1. The van der Waals surface area contributed by atoms with Gasteiger partial charge in [0, 0.05) is 38.9 Å². The summed E-state index contributed by atoms with van der Waals surface area (Å²) in [4.78, 5) is 35.9. The number of urea groups is 1. The van der Waals surface area contributed by atoms with E-state index >= 15 is 0 Å². The Morgan fingerprint density at radius 3 is 2.55 bits per heavy atom. The second kappa shape index (κ2) is 11.8. The van der Waals surface area contributed by atoms with Crippen LogP contribution in [0.2, 0.25) is 5.02 Å². The van der Waals surface area contributed by atoms with Crippen LogP contribution in [0.25, 0.3) is 0 Å². The molecule has 4 rings (SSSR count). The number of pyridine rings is 1. The third-order valence-corrected chi connectivity index (χ3v) is 7.04. The van der Waals surface area contributed by atoms with Gasteiger partial charge in [-0.25, -0.2) is 18.6 Å². The summed E-state index contributed by atoms with van der Waals surface area (Å²) in [7, 11) is 1.17. The number of aliphatic hydroxyl groups is 1. The number of anilines is 2. The average Bonchev–Trinajstić information content (AvgIpc) is 3.21. The highest BCUT2D eigenvalue weighted by atomic mass is 35.5. The van der Waals surface area contributed by atoms with Crippen molar-refractivity contribution in [3.63, 3.8) is 0 Å². The number of hydrogen-bond acceptors (Lipinski definition) is 6. The molecule has 15 heteroatoms. The van der Waals surface area contributed by atoms with Crippen molar-refractivity contribution in [2.45, 2.75) is 25.2 Å². The van der Waals surface area contributed by atoms with E-state index in [4.69, 9.17) is 16.3 Å². The van der Waals surface area contributed by atoms with Crippen molar-refractivity contribution >= 4 is 35.0 Å². The highest BCUT2D eigenvalue weighted by molar-refractivity contribution is 6.31. The van der Waals surface area contributed by atoms with Gasteiger partial charge in [0.15, 0.2) is 5.82 Å². The van der Waals surface area contributed by atoms with Gasteiger partial charge in [-0.05, 0) is 31.2 Å². The summed E-state index contributed by atoms with van der Waals surface area (Å²) < 4.78 is 74.4. The van der Waals surface area contributed by atoms with E-state index in [0.717, 1.165) is 32.9 Å². The Morgan fingerprint density at radius 1 is 1.23 bits per heavy atom. The molecular weight excluding hydrogens is 565 g/mol. The van der Waals surface area contributed by atoms with Gasteiger partial charge >= 0.3 is 12.2 Å². The lowest BCUT2D eigenvalue weighted by atomic mass is 10.1. The first kappa shape index (κ1) is 29.9. The van der Waals surface area contributed by atoms with Gasteiger partial charge in [0.1, 0.15) is 22.7 Å². The van der Waals surface area contributed by atoms with Gasteiger partial charge < -0.3 is 19.6 Å². The van der Waals surface area contributed by atoms with Gasteiger partial charge in [0.2, 0.25) is 0 Å². The third kappa shape index (κ3) is 6.29. The maximum absolute atomic E-state index is 14.7. The van der Waals surface area contributed by atoms with Crippen LogP contribution in [0.3, 0.4) is 0 Å². The number of benzene rings is 1. The van der Waals surface area contributed by atoms with Crippen molar-refractivity contribution in [1.82, 2.24) is 14.8 Å².